The van der Waals surface area contributed by atoms with Crippen molar-refractivity contribution in [3.8, 4) is 0 Å². The molecule has 2 saturated heterocycles. The second-order valence-electron chi connectivity index (χ2n) is 8.46. The lowest BCUT2D eigenvalue weighted by Crippen LogP contribution is -2.48. The molecule has 0 bridgehead atoms. The first-order valence-electron chi connectivity index (χ1n) is 8.42. The summed E-state index contributed by atoms with van der Waals surface area (Å²) in [5, 5.41) is 2.62. The Hall–Kier alpha value is -1.79. The summed E-state index contributed by atoms with van der Waals surface area (Å²) in [6.07, 6.45) is 1.22. The van der Waals surface area contributed by atoms with Crippen LogP contribution < -0.4 is 5.32 Å². The number of fused-ring (bicyclic) bond motifs is 1. The van der Waals surface area contributed by atoms with Crippen LogP contribution in [0.2, 0.25) is 0 Å². The number of esters is 1. The second-order valence-corrected chi connectivity index (χ2v) is 8.46. The van der Waals surface area contributed by atoms with Crippen molar-refractivity contribution in [3.63, 3.8) is 0 Å². The summed E-state index contributed by atoms with van der Waals surface area (Å²) >= 11 is 0. The van der Waals surface area contributed by atoms with Crippen LogP contribution in [0.3, 0.4) is 0 Å². The molecule has 2 amide bonds. The zero-order valence-electron chi connectivity index (χ0n) is 15.3. The van der Waals surface area contributed by atoms with E-state index < -0.39 is 29.4 Å². The summed E-state index contributed by atoms with van der Waals surface area (Å²) in [7, 11) is 0. The van der Waals surface area contributed by atoms with Crippen LogP contribution in [0.4, 0.5) is 4.79 Å². The average molecular weight is 340 g/mol. The average Bonchev–Trinajstić information content (AvgIpc) is 2.87. The summed E-state index contributed by atoms with van der Waals surface area (Å²) in [6.45, 7) is 10.7. The number of hydrogen-bond acceptors (Lipinski definition) is 5. The molecule has 2 fully saturated rings. The summed E-state index contributed by atoms with van der Waals surface area (Å²) in [4.78, 5) is 38.4. The molecule has 7 heteroatoms. The fraction of sp³-hybridized carbons (Fsp3) is 0.824. The Balaban J connectivity index is 2.00. The van der Waals surface area contributed by atoms with E-state index in [1.54, 1.807) is 46.4 Å². The predicted molar refractivity (Wildman–Crippen MR) is 87.3 cm³/mol. The number of nitrogens with one attached hydrogen (secondary N) is 1. The van der Waals surface area contributed by atoms with Crippen molar-refractivity contribution in [2.45, 2.75) is 90.1 Å². The molecule has 24 heavy (non-hydrogen) atoms. The van der Waals surface area contributed by atoms with Gasteiger partial charge in [0, 0.05) is 6.04 Å². The van der Waals surface area contributed by atoms with Crippen LogP contribution >= 0.6 is 0 Å². The number of alkyl carbamates (subject to hydrolysis) is 1. The molecule has 0 aromatic carbocycles. The molecule has 136 valence electrons. The van der Waals surface area contributed by atoms with Crippen LogP contribution in [0.15, 0.2) is 0 Å². The molecule has 7 nitrogen and oxygen atoms in total. The van der Waals surface area contributed by atoms with E-state index in [9.17, 15) is 14.4 Å². The van der Waals surface area contributed by atoms with Crippen molar-refractivity contribution in [1.29, 1.82) is 0 Å². The highest BCUT2D eigenvalue weighted by Gasteiger charge is 2.50. The van der Waals surface area contributed by atoms with Crippen molar-refractivity contribution in [3.05, 3.63) is 0 Å². The lowest BCUT2D eigenvalue weighted by molar-refractivity contribution is -0.163. The maximum Gasteiger partial charge on any atom is 0.408 e. The second kappa shape index (κ2) is 6.26. The number of carbonyl (C=O) groups is 3. The Morgan fingerprint density at radius 3 is 2.17 bits per heavy atom. The molecule has 2 aliphatic rings. The standard InChI is InChI=1S/C17H28N2O5/c1-16(2,3)23-14(21)12-8-7-10-9-11(13(20)19(10)12)18-15(22)24-17(4,5)6/h10-12H,7-9H2,1-6H3,(H,18,22)/t10-,11-,12+/m1/s1. The van der Waals surface area contributed by atoms with Crippen LogP contribution in [0.25, 0.3) is 0 Å². The van der Waals surface area contributed by atoms with Gasteiger partial charge in [0.15, 0.2) is 0 Å². The number of hydrogen-bond donors (Lipinski definition) is 1. The Morgan fingerprint density at radius 1 is 1.04 bits per heavy atom. The minimum atomic E-state index is -0.643. The number of amides is 2. The van der Waals surface area contributed by atoms with Gasteiger partial charge in [-0.1, -0.05) is 0 Å². The van der Waals surface area contributed by atoms with Crippen LogP contribution in [-0.2, 0) is 19.1 Å². The number of carbonyl (C=O) groups excluding carboxylic acids is 3. The van der Waals surface area contributed by atoms with E-state index in [0.717, 1.165) is 6.42 Å². The molecule has 0 aromatic heterocycles. The third-order valence-electron chi connectivity index (χ3n) is 3.93. The molecule has 3 atom stereocenters. The molecule has 0 aliphatic carbocycles. The molecule has 2 aliphatic heterocycles. The summed E-state index contributed by atoms with van der Waals surface area (Å²) in [6, 6.07) is -1.24. The van der Waals surface area contributed by atoms with Crippen LogP contribution in [0.5, 0.6) is 0 Å². The van der Waals surface area contributed by atoms with E-state index in [1.807, 2.05) is 0 Å². The first kappa shape index (κ1) is 18.5. The van der Waals surface area contributed by atoms with Gasteiger partial charge < -0.3 is 19.7 Å². The largest absolute Gasteiger partial charge is 0.458 e. The van der Waals surface area contributed by atoms with E-state index in [1.165, 1.54) is 0 Å². The van der Waals surface area contributed by atoms with Gasteiger partial charge in [-0.2, -0.15) is 0 Å². The topological polar surface area (TPSA) is 84.9 Å². The lowest BCUT2D eigenvalue weighted by atomic mass is 10.1. The molecular weight excluding hydrogens is 312 g/mol. The van der Waals surface area contributed by atoms with Gasteiger partial charge in [0.1, 0.15) is 23.3 Å². The van der Waals surface area contributed by atoms with Crippen molar-refractivity contribution >= 4 is 18.0 Å². The van der Waals surface area contributed by atoms with Gasteiger partial charge in [-0.15, -0.1) is 0 Å². The third kappa shape index (κ3) is 4.39. The first-order valence-corrected chi connectivity index (χ1v) is 8.42. The van der Waals surface area contributed by atoms with Crippen LogP contribution in [0, 0.1) is 0 Å². The molecule has 0 saturated carbocycles. The van der Waals surface area contributed by atoms with Crippen molar-refractivity contribution in [2.24, 2.45) is 0 Å². The number of rotatable bonds is 2. The van der Waals surface area contributed by atoms with E-state index in [2.05, 4.69) is 5.32 Å². The molecular formula is C17H28N2O5. The summed E-state index contributed by atoms with van der Waals surface area (Å²) in [5.41, 5.74) is -1.22. The normalized spacial score (nSPS) is 27.0. The monoisotopic (exact) mass is 340 g/mol. The van der Waals surface area contributed by atoms with E-state index in [4.69, 9.17) is 9.47 Å². The smallest absolute Gasteiger partial charge is 0.408 e. The highest BCUT2D eigenvalue weighted by Crippen LogP contribution is 2.35. The van der Waals surface area contributed by atoms with Gasteiger partial charge in [-0.3, -0.25) is 4.79 Å². The molecule has 0 radical (unpaired) electrons. The molecule has 1 N–H and O–H groups in total. The van der Waals surface area contributed by atoms with Crippen molar-refractivity contribution < 1.29 is 23.9 Å². The van der Waals surface area contributed by atoms with E-state index in [-0.39, 0.29) is 17.9 Å². The number of nitrogens with zero attached hydrogens (tertiary/aromatic N) is 1. The third-order valence-corrected chi connectivity index (χ3v) is 3.93. The Bertz CT molecular complexity index is 532. The van der Waals surface area contributed by atoms with Crippen LogP contribution in [-0.4, -0.2) is 52.2 Å². The summed E-state index contributed by atoms with van der Waals surface area (Å²) in [5.74, 6) is -0.615. The Labute approximate surface area is 143 Å². The van der Waals surface area contributed by atoms with Crippen molar-refractivity contribution in [1.82, 2.24) is 10.2 Å². The quantitative estimate of drug-likeness (QED) is 0.777. The van der Waals surface area contributed by atoms with Crippen LogP contribution in [0.1, 0.15) is 60.8 Å². The SMILES string of the molecule is CC(C)(C)OC(=O)N[C@@H]1C[C@H]2CC[C@@H](C(=O)OC(C)(C)C)N2C1=O. The maximum atomic E-state index is 12.6. The van der Waals surface area contributed by atoms with Gasteiger partial charge in [-0.05, 0) is 60.8 Å². The maximum absolute atomic E-state index is 12.6. The fourth-order valence-electron chi connectivity index (χ4n) is 3.17. The number of ether oxygens (including phenoxy) is 2. The van der Waals surface area contributed by atoms with Gasteiger partial charge in [0.25, 0.3) is 0 Å². The predicted octanol–water partition coefficient (Wildman–Crippen LogP) is 1.98. The highest BCUT2D eigenvalue weighted by molar-refractivity contribution is 5.92. The molecule has 2 heterocycles. The van der Waals surface area contributed by atoms with E-state index >= 15 is 0 Å². The fourth-order valence-corrected chi connectivity index (χ4v) is 3.17. The first-order chi connectivity index (χ1) is 10.9. The highest BCUT2D eigenvalue weighted by atomic mass is 16.6. The summed E-state index contributed by atoms with van der Waals surface area (Å²) < 4.78 is 10.6. The Morgan fingerprint density at radius 2 is 1.62 bits per heavy atom. The van der Waals surface area contributed by atoms with E-state index in [0.29, 0.717) is 12.8 Å². The molecule has 2 rings (SSSR count). The van der Waals surface area contributed by atoms with Gasteiger partial charge in [0.05, 0.1) is 0 Å². The minimum absolute atomic E-state index is 0.0324. The lowest BCUT2D eigenvalue weighted by Gasteiger charge is -2.27. The van der Waals surface area contributed by atoms with Gasteiger partial charge in [0.2, 0.25) is 5.91 Å². The zero-order valence-corrected chi connectivity index (χ0v) is 15.3. The minimum Gasteiger partial charge on any atom is -0.458 e. The molecule has 0 unspecified atom stereocenters. The molecule has 0 spiro atoms. The van der Waals surface area contributed by atoms with Gasteiger partial charge >= 0.3 is 12.1 Å². The molecule has 0 aromatic rings. The van der Waals surface area contributed by atoms with Crippen molar-refractivity contribution in [2.75, 3.05) is 0 Å². The Kier molecular flexibility index (Phi) is 4.84. The zero-order chi connectivity index (χ0) is 18.3. The van der Waals surface area contributed by atoms with Gasteiger partial charge in [-0.25, -0.2) is 9.59 Å².